The molecule has 0 amide bonds. The zero-order chi connectivity index (χ0) is 13.2. The molecule has 0 N–H and O–H groups in total. The van der Waals surface area contributed by atoms with Crippen LogP contribution in [0.25, 0.3) is 0 Å². The van der Waals surface area contributed by atoms with Crippen LogP contribution in [-0.2, 0) is 16.8 Å². The van der Waals surface area contributed by atoms with E-state index in [-0.39, 0.29) is 5.60 Å². The Hall–Kier alpha value is -0.670. The van der Waals surface area contributed by atoms with Gasteiger partial charge in [-0.05, 0) is 26.2 Å². The number of hydrogen-bond donors (Lipinski definition) is 0. The molecule has 0 bridgehead atoms. The lowest BCUT2D eigenvalue weighted by atomic mass is 9.84. The number of halogens is 1. The number of ether oxygens (including phenoxy) is 1. The molecule has 100 valence electrons. The van der Waals surface area contributed by atoms with Crippen molar-refractivity contribution in [1.29, 1.82) is 0 Å². The van der Waals surface area contributed by atoms with Gasteiger partial charge >= 0.3 is 0 Å². The van der Waals surface area contributed by atoms with Gasteiger partial charge in [-0.15, -0.1) is 0 Å². The van der Waals surface area contributed by atoms with Crippen molar-refractivity contribution in [1.82, 2.24) is 9.97 Å². The summed E-state index contributed by atoms with van der Waals surface area (Å²) in [5.74, 6) is 0.768. The molecule has 1 aromatic heterocycles. The van der Waals surface area contributed by atoms with E-state index < -0.39 is 0 Å². The summed E-state index contributed by atoms with van der Waals surface area (Å²) in [4.78, 5) is 9.15. The van der Waals surface area contributed by atoms with Gasteiger partial charge in [0.15, 0.2) is 5.82 Å². The summed E-state index contributed by atoms with van der Waals surface area (Å²) < 4.78 is 5.76. The van der Waals surface area contributed by atoms with E-state index in [2.05, 4.69) is 16.9 Å². The zero-order valence-corrected chi connectivity index (χ0v) is 12.2. The largest absolute Gasteiger partial charge is 0.370 e. The van der Waals surface area contributed by atoms with Gasteiger partial charge in [0.1, 0.15) is 10.8 Å². The minimum absolute atomic E-state index is 0.321. The van der Waals surface area contributed by atoms with Crippen molar-refractivity contribution in [2.24, 2.45) is 0 Å². The molecule has 3 nitrogen and oxygen atoms in total. The Balaban J connectivity index is 2.43. The predicted octanol–water partition coefficient (Wildman–Crippen LogP) is 3.81. The van der Waals surface area contributed by atoms with Crippen molar-refractivity contribution >= 4 is 11.6 Å². The Labute approximate surface area is 114 Å². The normalized spacial score (nSPS) is 18.9. The van der Waals surface area contributed by atoms with Crippen LogP contribution in [-0.4, -0.2) is 17.1 Å². The van der Waals surface area contributed by atoms with Crippen LogP contribution in [0.2, 0.25) is 5.15 Å². The van der Waals surface area contributed by atoms with E-state index in [1.807, 2.05) is 6.92 Å². The lowest BCUT2D eigenvalue weighted by Gasteiger charge is -2.34. The molecule has 1 aliphatic rings. The monoisotopic (exact) mass is 268 g/mol. The van der Waals surface area contributed by atoms with Crippen molar-refractivity contribution in [3.05, 3.63) is 22.2 Å². The minimum atomic E-state index is -0.321. The van der Waals surface area contributed by atoms with Crippen LogP contribution >= 0.6 is 11.6 Å². The summed E-state index contributed by atoms with van der Waals surface area (Å²) in [7, 11) is 1.76. The molecule has 1 fully saturated rings. The Morgan fingerprint density at radius 2 is 1.89 bits per heavy atom. The fraction of sp³-hybridized carbons (Fsp3) is 0.714. The van der Waals surface area contributed by atoms with Crippen molar-refractivity contribution in [2.75, 3.05) is 7.11 Å². The smallest absolute Gasteiger partial charge is 0.162 e. The summed E-state index contributed by atoms with van der Waals surface area (Å²) in [5, 5.41) is 0.585. The summed E-state index contributed by atoms with van der Waals surface area (Å²) >= 11 is 6.27. The second-order valence-electron chi connectivity index (χ2n) is 5.01. The third-order valence-electron chi connectivity index (χ3n) is 3.98. The molecular weight excluding hydrogens is 248 g/mol. The molecule has 0 aromatic carbocycles. The third-order valence-corrected chi connectivity index (χ3v) is 4.29. The second kappa shape index (κ2) is 5.54. The molecular formula is C14H21ClN2O. The van der Waals surface area contributed by atoms with Crippen LogP contribution in [0.5, 0.6) is 0 Å². The van der Waals surface area contributed by atoms with Gasteiger partial charge in [-0.1, -0.05) is 37.8 Å². The molecule has 0 aliphatic heterocycles. The summed E-state index contributed by atoms with van der Waals surface area (Å²) in [6.45, 7) is 4.08. The SMILES string of the molecule is CCc1c(C)nc(C2(OC)CCCCC2)nc1Cl. The van der Waals surface area contributed by atoms with Gasteiger partial charge < -0.3 is 4.74 Å². The standard InChI is InChI=1S/C14H21ClN2O/c1-4-11-10(2)16-13(17-12(11)15)14(18-3)8-6-5-7-9-14/h4-9H2,1-3H3. The van der Waals surface area contributed by atoms with E-state index in [1.54, 1.807) is 7.11 Å². The molecule has 0 spiro atoms. The molecule has 0 atom stereocenters. The number of rotatable bonds is 3. The molecule has 0 radical (unpaired) electrons. The Morgan fingerprint density at radius 3 is 2.39 bits per heavy atom. The minimum Gasteiger partial charge on any atom is -0.370 e. The average Bonchev–Trinajstić information content (AvgIpc) is 2.39. The van der Waals surface area contributed by atoms with E-state index in [0.29, 0.717) is 5.15 Å². The fourth-order valence-corrected chi connectivity index (χ4v) is 3.16. The highest BCUT2D eigenvalue weighted by Gasteiger charge is 2.37. The number of hydrogen-bond acceptors (Lipinski definition) is 3. The molecule has 0 saturated heterocycles. The maximum absolute atomic E-state index is 6.27. The van der Waals surface area contributed by atoms with Crippen LogP contribution in [0.15, 0.2) is 0 Å². The highest BCUT2D eigenvalue weighted by molar-refractivity contribution is 6.30. The lowest BCUT2D eigenvalue weighted by molar-refractivity contribution is -0.0516. The van der Waals surface area contributed by atoms with Gasteiger partial charge in [0.05, 0.1) is 0 Å². The van der Waals surface area contributed by atoms with Gasteiger partial charge in [0, 0.05) is 18.4 Å². The van der Waals surface area contributed by atoms with Crippen molar-refractivity contribution in [2.45, 2.75) is 58.0 Å². The summed E-state index contributed by atoms with van der Waals surface area (Å²) in [6.07, 6.45) is 6.46. The van der Waals surface area contributed by atoms with Gasteiger partial charge in [0.2, 0.25) is 0 Å². The highest BCUT2D eigenvalue weighted by atomic mass is 35.5. The fourth-order valence-electron chi connectivity index (χ4n) is 2.81. The van der Waals surface area contributed by atoms with E-state index >= 15 is 0 Å². The molecule has 2 rings (SSSR count). The molecule has 4 heteroatoms. The average molecular weight is 269 g/mol. The third kappa shape index (κ3) is 2.39. The number of aryl methyl sites for hydroxylation is 1. The molecule has 18 heavy (non-hydrogen) atoms. The molecule has 1 aromatic rings. The first kappa shape index (κ1) is 13.8. The maximum Gasteiger partial charge on any atom is 0.162 e. The Kier molecular flexibility index (Phi) is 4.23. The first-order chi connectivity index (χ1) is 8.63. The first-order valence-electron chi connectivity index (χ1n) is 6.71. The summed E-state index contributed by atoms with van der Waals surface area (Å²) in [6, 6.07) is 0. The summed E-state index contributed by atoms with van der Waals surface area (Å²) in [5.41, 5.74) is 1.70. The Morgan fingerprint density at radius 1 is 1.22 bits per heavy atom. The first-order valence-corrected chi connectivity index (χ1v) is 7.09. The Bertz CT molecular complexity index is 405. The zero-order valence-electron chi connectivity index (χ0n) is 11.4. The van der Waals surface area contributed by atoms with Gasteiger partial charge in [0.25, 0.3) is 0 Å². The predicted molar refractivity (Wildman–Crippen MR) is 72.9 cm³/mol. The van der Waals surface area contributed by atoms with E-state index in [0.717, 1.165) is 36.3 Å². The molecule has 1 heterocycles. The number of aromatic nitrogens is 2. The quantitative estimate of drug-likeness (QED) is 0.782. The van der Waals surface area contributed by atoms with Gasteiger partial charge in [-0.25, -0.2) is 9.97 Å². The van der Waals surface area contributed by atoms with Crippen LogP contribution in [0, 0.1) is 6.92 Å². The van der Waals surface area contributed by atoms with Crippen molar-refractivity contribution in [3.8, 4) is 0 Å². The van der Waals surface area contributed by atoms with E-state index in [4.69, 9.17) is 16.3 Å². The van der Waals surface area contributed by atoms with Crippen molar-refractivity contribution < 1.29 is 4.74 Å². The van der Waals surface area contributed by atoms with E-state index in [1.165, 1.54) is 19.3 Å². The van der Waals surface area contributed by atoms with Crippen molar-refractivity contribution in [3.63, 3.8) is 0 Å². The lowest BCUT2D eigenvalue weighted by Crippen LogP contribution is -2.33. The van der Waals surface area contributed by atoms with Crippen LogP contribution in [0.4, 0.5) is 0 Å². The molecule has 1 aliphatic carbocycles. The van der Waals surface area contributed by atoms with E-state index in [9.17, 15) is 0 Å². The topological polar surface area (TPSA) is 35.0 Å². The molecule has 0 unspecified atom stereocenters. The van der Waals surface area contributed by atoms with Crippen LogP contribution < -0.4 is 0 Å². The number of nitrogens with zero attached hydrogens (tertiary/aromatic N) is 2. The second-order valence-corrected chi connectivity index (χ2v) is 5.37. The van der Waals surface area contributed by atoms with Crippen LogP contribution in [0.1, 0.15) is 56.1 Å². The molecule has 1 saturated carbocycles. The number of methoxy groups -OCH3 is 1. The van der Waals surface area contributed by atoms with Gasteiger partial charge in [-0.3, -0.25) is 0 Å². The van der Waals surface area contributed by atoms with Crippen LogP contribution in [0.3, 0.4) is 0 Å². The highest BCUT2D eigenvalue weighted by Crippen LogP contribution is 2.39. The maximum atomic E-state index is 6.27. The van der Waals surface area contributed by atoms with Gasteiger partial charge in [-0.2, -0.15) is 0 Å².